The molecule has 0 aromatic heterocycles. The van der Waals surface area contributed by atoms with E-state index in [1.807, 2.05) is 72.8 Å². The van der Waals surface area contributed by atoms with Crippen molar-refractivity contribution in [2.45, 2.75) is 25.3 Å². The van der Waals surface area contributed by atoms with Crippen LogP contribution in [-0.2, 0) is 20.8 Å². The summed E-state index contributed by atoms with van der Waals surface area (Å²) in [5.41, 5.74) is 3.76. The first-order valence-electron chi connectivity index (χ1n) is 12.4. The smallest absolute Gasteiger partial charge is 0.314 e. The van der Waals surface area contributed by atoms with E-state index in [2.05, 4.69) is 21.3 Å². The molecule has 5 N–H and O–H groups in total. The number of benzene rings is 3. The summed E-state index contributed by atoms with van der Waals surface area (Å²) < 4.78 is 0. The van der Waals surface area contributed by atoms with Gasteiger partial charge < -0.3 is 26.4 Å². The summed E-state index contributed by atoms with van der Waals surface area (Å²) in [5, 5.41) is 19.8. The van der Waals surface area contributed by atoms with Crippen molar-refractivity contribution in [3.63, 3.8) is 0 Å². The van der Waals surface area contributed by atoms with Crippen LogP contribution >= 0.6 is 0 Å². The van der Waals surface area contributed by atoms with Gasteiger partial charge in [0.05, 0.1) is 19.0 Å². The predicted molar refractivity (Wildman–Crippen MR) is 144 cm³/mol. The van der Waals surface area contributed by atoms with Crippen molar-refractivity contribution in [3.05, 3.63) is 96.1 Å². The monoisotopic (exact) mass is 516 g/mol. The van der Waals surface area contributed by atoms with Gasteiger partial charge in [-0.3, -0.25) is 14.4 Å². The number of rotatable bonds is 13. The Bertz CT molecular complexity index is 1200. The van der Waals surface area contributed by atoms with E-state index in [-0.39, 0.29) is 32.0 Å². The second kappa shape index (κ2) is 14.8. The van der Waals surface area contributed by atoms with Crippen molar-refractivity contribution in [1.82, 2.24) is 21.3 Å². The second-order valence-electron chi connectivity index (χ2n) is 8.65. The van der Waals surface area contributed by atoms with E-state index in [0.29, 0.717) is 18.5 Å². The van der Waals surface area contributed by atoms with Gasteiger partial charge in [-0.15, -0.1) is 0 Å². The molecule has 1 atom stereocenters. The van der Waals surface area contributed by atoms with Gasteiger partial charge in [-0.1, -0.05) is 84.9 Å². The van der Waals surface area contributed by atoms with Gasteiger partial charge in [-0.25, -0.2) is 4.79 Å². The van der Waals surface area contributed by atoms with Gasteiger partial charge >= 0.3 is 12.0 Å². The molecule has 0 heterocycles. The molecule has 0 saturated carbocycles. The van der Waals surface area contributed by atoms with Crippen LogP contribution in [-0.4, -0.2) is 48.6 Å². The number of carbonyl (C=O) groups is 4. The Kier molecular flexibility index (Phi) is 10.9. The predicted octanol–water partition coefficient (Wildman–Crippen LogP) is 3.03. The van der Waals surface area contributed by atoms with E-state index < -0.39 is 23.8 Å². The molecule has 3 aromatic carbocycles. The summed E-state index contributed by atoms with van der Waals surface area (Å²) in [5.74, 6) is -1.98. The highest BCUT2D eigenvalue weighted by Gasteiger charge is 2.18. The van der Waals surface area contributed by atoms with Crippen LogP contribution in [0.2, 0.25) is 0 Å². The molecule has 38 heavy (non-hydrogen) atoms. The first-order valence-corrected chi connectivity index (χ1v) is 12.4. The molecule has 0 aliphatic heterocycles. The quantitative estimate of drug-likeness (QED) is 0.238. The largest absolute Gasteiger partial charge is 0.481 e. The molecule has 0 bridgehead atoms. The van der Waals surface area contributed by atoms with E-state index in [1.165, 1.54) is 0 Å². The molecular weight excluding hydrogens is 484 g/mol. The number of amides is 4. The molecule has 9 heteroatoms. The Hall–Kier alpha value is -4.66. The lowest BCUT2D eigenvalue weighted by atomic mass is 9.99. The molecule has 9 nitrogen and oxygen atoms in total. The summed E-state index contributed by atoms with van der Waals surface area (Å²) >= 11 is 0. The van der Waals surface area contributed by atoms with E-state index in [1.54, 1.807) is 12.1 Å². The summed E-state index contributed by atoms with van der Waals surface area (Å²) in [6.45, 7) is 0.273. The van der Waals surface area contributed by atoms with Crippen LogP contribution in [0.4, 0.5) is 4.79 Å². The molecular formula is C29H32N4O5. The zero-order valence-corrected chi connectivity index (χ0v) is 21.0. The lowest BCUT2D eigenvalue weighted by molar-refractivity contribution is -0.138. The Morgan fingerprint density at radius 2 is 1.29 bits per heavy atom. The van der Waals surface area contributed by atoms with Crippen molar-refractivity contribution in [3.8, 4) is 11.1 Å². The first-order chi connectivity index (χ1) is 18.4. The number of carbonyl (C=O) groups excluding carboxylic acids is 3. The van der Waals surface area contributed by atoms with Gasteiger partial charge in [0.25, 0.3) is 0 Å². The number of carboxylic acids is 1. The Morgan fingerprint density at radius 1 is 0.684 bits per heavy atom. The Balaban J connectivity index is 1.38. The van der Waals surface area contributed by atoms with E-state index in [9.17, 15) is 24.3 Å². The molecule has 0 radical (unpaired) electrons. The zero-order chi connectivity index (χ0) is 27.2. The average Bonchev–Trinajstić information content (AvgIpc) is 2.92. The van der Waals surface area contributed by atoms with Gasteiger partial charge in [0.15, 0.2) is 0 Å². The molecule has 198 valence electrons. The van der Waals surface area contributed by atoms with E-state index in [0.717, 1.165) is 16.7 Å². The standard InChI is InChI=1S/C29H32N4O5/c34-26(16-18-31-29(38)30-17-15-21-7-3-1-4-8-21)32-20-27(35)33-25(19-28(36)37)24-13-11-23(12-14-24)22-9-5-2-6-10-22/h1-14,25H,15-20H2,(H,32,34)(H,33,35)(H,36,37)(H2,30,31,38). The number of aliphatic carboxylic acids is 1. The summed E-state index contributed by atoms with van der Waals surface area (Å²) in [4.78, 5) is 47.7. The highest BCUT2D eigenvalue weighted by Crippen LogP contribution is 2.23. The van der Waals surface area contributed by atoms with Crippen LogP contribution in [0.5, 0.6) is 0 Å². The van der Waals surface area contributed by atoms with E-state index >= 15 is 0 Å². The minimum atomic E-state index is -1.06. The molecule has 1 unspecified atom stereocenters. The van der Waals surface area contributed by atoms with Crippen LogP contribution in [0.15, 0.2) is 84.9 Å². The SMILES string of the molecule is O=C(O)CC(NC(=O)CNC(=O)CCNC(=O)NCCc1ccccc1)c1ccc(-c2ccccc2)cc1. The highest BCUT2D eigenvalue weighted by atomic mass is 16.4. The van der Waals surface area contributed by atoms with Crippen molar-refractivity contribution in [2.24, 2.45) is 0 Å². The highest BCUT2D eigenvalue weighted by molar-refractivity contribution is 5.85. The molecule has 0 aliphatic carbocycles. The fourth-order valence-corrected chi connectivity index (χ4v) is 3.80. The second-order valence-corrected chi connectivity index (χ2v) is 8.65. The molecule has 4 amide bonds. The van der Waals surface area contributed by atoms with Crippen molar-refractivity contribution < 1.29 is 24.3 Å². The molecule has 3 rings (SSSR count). The summed E-state index contributed by atoms with van der Waals surface area (Å²) in [6, 6.07) is 25.7. The van der Waals surface area contributed by atoms with Crippen molar-refractivity contribution >= 4 is 23.8 Å². The topological polar surface area (TPSA) is 137 Å². The number of carboxylic acid groups (broad SMARTS) is 1. The van der Waals surface area contributed by atoms with Gasteiger partial charge in [-0.2, -0.15) is 0 Å². The maximum atomic E-state index is 12.4. The minimum absolute atomic E-state index is 0.00110. The molecule has 0 saturated heterocycles. The van der Waals surface area contributed by atoms with Gasteiger partial charge in [0.1, 0.15) is 0 Å². The average molecular weight is 517 g/mol. The third kappa shape index (κ3) is 9.77. The zero-order valence-electron chi connectivity index (χ0n) is 21.0. The number of urea groups is 1. The fourth-order valence-electron chi connectivity index (χ4n) is 3.80. The number of nitrogens with one attached hydrogen (secondary N) is 4. The van der Waals surface area contributed by atoms with Crippen LogP contribution in [0.1, 0.15) is 30.0 Å². The summed E-state index contributed by atoms with van der Waals surface area (Å²) in [7, 11) is 0. The maximum Gasteiger partial charge on any atom is 0.314 e. The lowest BCUT2D eigenvalue weighted by Crippen LogP contribution is -2.41. The third-order valence-corrected chi connectivity index (χ3v) is 5.76. The van der Waals surface area contributed by atoms with Crippen LogP contribution < -0.4 is 21.3 Å². The minimum Gasteiger partial charge on any atom is -0.481 e. The lowest BCUT2D eigenvalue weighted by Gasteiger charge is -2.18. The first kappa shape index (κ1) is 27.9. The van der Waals surface area contributed by atoms with Crippen LogP contribution in [0.25, 0.3) is 11.1 Å². The van der Waals surface area contributed by atoms with Gasteiger partial charge in [-0.05, 0) is 28.7 Å². The maximum absolute atomic E-state index is 12.4. The molecule has 3 aromatic rings. The normalized spacial score (nSPS) is 11.2. The van der Waals surface area contributed by atoms with Crippen LogP contribution in [0, 0.1) is 0 Å². The van der Waals surface area contributed by atoms with Gasteiger partial charge in [0, 0.05) is 19.5 Å². The van der Waals surface area contributed by atoms with Gasteiger partial charge in [0.2, 0.25) is 11.8 Å². The fraction of sp³-hybridized carbons (Fsp3) is 0.241. The molecule has 0 spiro atoms. The Morgan fingerprint density at radius 3 is 1.95 bits per heavy atom. The molecule has 0 fully saturated rings. The van der Waals surface area contributed by atoms with E-state index in [4.69, 9.17) is 0 Å². The van der Waals surface area contributed by atoms with Crippen LogP contribution in [0.3, 0.4) is 0 Å². The third-order valence-electron chi connectivity index (χ3n) is 5.76. The Labute approximate surface area is 221 Å². The molecule has 0 aliphatic rings. The van der Waals surface area contributed by atoms with Crippen molar-refractivity contribution in [2.75, 3.05) is 19.6 Å². The number of hydrogen-bond donors (Lipinski definition) is 5. The summed E-state index contributed by atoms with van der Waals surface area (Å²) in [6.07, 6.45) is 0.399. The number of hydrogen-bond acceptors (Lipinski definition) is 4. The van der Waals surface area contributed by atoms with Crippen molar-refractivity contribution in [1.29, 1.82) is 0 Å².